The number of benzene rings is 2. The van der Waals surface area contributed by atoms with Gasteiger partial charge in [-0.2, -0.15) is 0 Å². The van der Waals surface area contributed by atoms with E-state index in [0.717, 1.165) is 48.7 Å². The molecule has 0 bridgehead atoms. The van der Waals surface area contributed by atoms with E-state index in [4.69, 9.17) is 0 Å². The molecule has 6 nitrogen and oxygen atoms in total. The molecule has 0 unspecified atom stereocenters. The van der Waals surface area contributed by atoms with Gasteiger partial charge in [-0.1, -0.05) is 22.0 Å². The van der Waals surface area contributed by atoms with Gasteiger partial charge in [-0.15, -0.1) is 0 Å². The van der Waals surface area contributed by atoms with Crippen LogP contribution in [0.2, 0.25) is 0 Å². The summed E-state index contributed by atoms with van der Waals surface area (Å²) in [6, 6.07) is 12.7. The number of carbonyl (C=O) groups excluding carboxylic acids is 3. The summed E-state index contributed by atoms with van der Waals surface area (Å²) in [5, 5.41) is 2.30. The summed E-state index contributed by atoms with van der Waals surface area (Å²) in [5.41, 5.74) is 6.87. The van der Waals surface area contributed by atoms with Gasteiger partial charge in [0.15, 0.2) is 0 Å². The van der Waals surface area contributed by atoms with Crippen LogP contribution in [-0.4, -0.2) is 22.4 Å². The Morgan fingerprint density at radius 3 is 2.15 bits per heavy atom. The van der Waals surface area contributed by atoms with Crippen molar-refractivity contribution in [1.29, 1.82) is 0 Å². The first-order chi connectivity index (χ1) is 15.6. The van der Waals surface area contributed by atoms with Crippen LogP contribution in [-0.2, 0) is 9.59 Å². The molecule has 0 saturated carbocycles. The second kappa shape index (κ2) is 8.48. The smallest absolute Gasteiger partial charge is 0.318 e. The number of barbiturate groups is 1. The number of urea groups is 1. The maximum atomic E-state index is 13.3. The number of halogens is 1. The summed E-state index contributed by atoms with van der Waals surface area (Å²) in [6.07, 6.45) is 1.56. The molecule has 1 aliphatic heterocycles. The summed E-state index contributed by atoms with van der Waals surface area (Å²) < 4.78 is 3.10. The summed E-state index contributed by atoms with van der Waals surface area (Å²) in [7, 11) is 0. The lowest BCUT2D eigenvalue weighted by Crippen LogP contribution is -2.54. The number of nitrogens with one attached hydrogen (secondary N) is 1. The number of rotatable bonds is 3. The lowest BCUT2D eigenvalue weighted by molar-refractivity contribution is -0.122. The first-order valence-electron chi connectivity index (χ1n) is 10.5. The van der Waals surface area contributed by atoms with E-state index in [-0.39, 0.29) is 5.57 Å². The Morgan fingerprint density at radius 1 is 0.848 bits per heavy atom. The number of hydrogen-bond acceptors (Lipinski definition) is 3. The van der Waals surface area contributed by atoms with Crippen molar-refractivity contribution in [3.63, 3.8) is 0 Å². The minimum Gasteiger partial charge on any atom is -0.318 e. The molecule has 1 N–H and O–H groups in total. The highest BCUT2D eigenvalue weighted by molar-refractivity contribution is 9.10. The molecule has 3 aromatic rings. The maximum absolute atomic E-state index is 13.3. The average Bonchev–Trinajstić information content (AvgIpc) is 2.99. The van der Waals surface area contributed by atoms with Crippen LogP contribution < -0.4 is 10.2 Å². The molecule has 1 aromatic heterocycles. The van der Waals surface area contributed by atoms with Crippen molar-refractivity contribution in [2.45, 2.75) is 34.6 Å². The van der Waals surface area contributed by atoms with Gasteiger partial charge in [0.1, 0.15) is 5.57 Å². The molecule has 7 heteroatoms. The molecule has 1 aliphatic rings. The third kappa shape index (κ3) is 4.16. The average molecular weight is 506 g/mol. The Labute approximate surface area is 201 Å². The Bertz CT molecular complexity index is 1350. The Balaban J connectivity index is 1.78. The molecule has 0 aliphatic carbocycles. The number of aryl methyl sites for hydroxylation is 4. The van der Waals surface area contributed by atoms with Crippen LogP contribution in [0.4, 0.5) is 10.5 Å². The molecular weight excluding hydrogens is 482 g/mol. The first kappa shape index (κ1) is 22.7. The molecule has 4 rings (SSSR count). The second-order valence-electron chi connectivity index (χ2n) is 8.40. The van der Waals surface area contributed by atoms with Crippen LogP contribution in [0.1, 0.15) is 33.6 Å². The van der Waals surface area contributed by atoms with E-state index in [0.29, 0.717) is 5.69 Å². The predicted octanol–water partition coefficient (Wildman–Crippen LogP) is 5.45. The number of aromatic nitrogens is 1. The minimum absolute atomic E-state index is 0.0824. The summed E-state index contributed by atoms with van der Waals surface area (Å²) in [5.74, 6) is -1.34. The Hall–Kier alpha value is -3.45. The lowest BCUT2D eigenvalue weighted by Gasteiger charge is -2.27. The third-order valence-electron chi connectivity index (χ3n) is 5.74. The van der Waals surface area contributed by atoms with Crippen LogP contribution in [0.25, 0.3) is 11.8 Å². The van der Waals surface area contributed by atoms with E-state index < -0.39 is 17.8 Å². The normalized spacial score (nSPS) is 15.4. The van der Waals surface area contributed by atoms with Gasteiger partial charge in [-0.3, -0.25) is 14.9 Å². The highest BCUT2D eigenvalue weighted by atomic mass is 79.9. The Kier molecular flexibility index (Phi) is 5.84. The van der Waals surface area contributed by atoms with Gasteiger partial charge < -0.3 is 4.57 Å². The molecule has 1 fully saturated rings. The third-order valence-corrected chi connectivity index (χ3v) is 6.63. The van der Waals surface area contributed by atoms with Crippen molar-refractivity contribution in [1.82, 2.24) is 9.88 Å². The number of amides is 4. The minimum atomic E-state index is -0.747. The molecule has 0 atom stereocenters. The monoisotopic (exact) mass is 505 g/mol. The zero-order valence-corrected chi connectivity index (χ0v) is 20.7. The molecule has 4 amide bonds. The number of imide groups is 2. The fraction of sp³-hybridized carbons (Fsp3) is 0.192. The van der Waals surface area contributed by atoms with Crippen LogP contribution >= 0.6 is 15.9 Å². The van der Waals surface area contributed by atoms with Crippen molar-refractivity contribution in [2.24, 2.45) is 0 Å². The van der Waals surface area contributed by atoms with Crippen LogP contribution in [0.5, 0.6) is 0 Å². The van der Waals surface area contributed by atoms with E-state index in [1.165, 1.54) is 0 Å². The highest BCUT2D eigenvalue weighted by Crippen LogP contribution is 2.28. The maximum Gasteiger partial charge on any atom is 0.335 e. The number of hydrogen-bond donors (Lipinski definition) is 1. The van der Waals surface area contributed by atoms with E-state index >= 15 is 0 Å². The SMILES string of the molecule is Cc1cc(C)cc(N2C(=O)NC(=O)/C(=C\c3cc(C)n(-c4ccc(Br)c(C)c4)c3C)C2=O)c1. The van der Waals surface area contributed by atoms with E-state index in [2.05, 4.69) is 31.9 Å². The number of anilines is 1. The van der Waals surface area contributed by atoms with Gasteiger partial charge in [0, 0.05) is 21.5 Å². The molecule has 0 radical (unpaired) electrons. The molecule has 2 aromatic carbocycles. The summed E-state index contributed by atoms with van der Waals surface area (Å²) >= 11 is 3.53. The van der Waals surface area contributed by atoms with Gasteiger partial charge in [0.2, 0.25) is 0 Å². The molecule has 0 spiro atoms. The zero-order chi connectivity index (χ0) is 24.0. The summed E-state index contributed by atoms with van der Waals surface area (Å²) in [6.45, 7) is 9.72. The molecule has 168 valence electrons. The standard InChI is InChI=1S/C26H24BrN3O3/c1-14-8-15(2)10-21(9-14)30-25(32)22(24(31)28-26(30)33)13-19-12-17(4)29(18(19)5)20-6-7-23(27)16(3)11-20/h6-13H,1-5H3,(H,28,31,33)/b22-13+. The number of nitrogens with zero attached hydrogens (tertiary/aromatic N) is 2. The van der Waals surface area contributed by atoms with Gasteiger partial charge in [0.25, 0.3) is 11.8 Å². The molecule has 1 saturated heterocycles. The van der Waals surface area contributed by atoms with Crippen molar-refractivity contribution >= 4 is 45.5 Å². The quantitative estimate of drug-likeness (QED) is 0.380. The van der Waals surface area contributed by atoms with E-state index in [9.17, 15) is 14.4 Å². The van der Waals surface area contributed by atoms with Crippen LogP contribution in [0, 0.1) is 34.6 Å². The van der Waals surface area contributed by atoms with E-state index in [1.54, 1.807) is 18.2 Å². The first-order valence-corrected chi connectivity index (χ1v) is 11.3. The fourth-order valence-electron chi connectivity index (χ4n) is 4.23. The summed E-state index contributed by atoms with van der Waals surface area (Å²) in [4.78, 5) is 39.5. The Morgan fingerprint density at radius 2 is 1.52 bits per heavy atom. The van der Waals surface area contributed by atoms with Crippen molar-refractivity contribution < 1.29 is 14.4 Å². The van der Waals surface area contributed by atoms with Crippen molar-refractivity contribution in [3.8, 4) is 5.69 Å². The molecule has 2 heterocycles. The zero-order valence-electron chi connectivity index (χ0n) is 19.1. The molecular formula is C26H24BrN3O3. The molecule has 33 heavy (non-hydrogen) atoms. The van der Waals surface area contributed by atoms with Gasteiger partial charge in [-0.05, 0) is 99.3 Å². The van der Waals surface area contributed by atoms with Gasteiger partial charge >= 0.3 is 6.03 Å². The van der Waals surface area contributed by atoms with E-state index in [1.807, 2.05) is 58.9 Å². The highest BCUT2D eigenvalue weighted by Gasteiger charge is 2.37. The second-order valence-corrected chi connectivity index (χ2v) is 9.25. The van der Waals surface area contributed by atoms with Gasteiger partial charge in [0.05, 0.1) is 5.69 Å². The topological polar surface area (TPSA) is 71.4 Å². The van der Waals surface area contributed by atoms with Crippen molar-refractivity contribution in [3.05, 3.63) is 86.2 Å². The van der Waals surface area contributed by atoms with Gasteiger partial charge in [-0.25, -0.2) is 9.69 Å². The van der Waals surface area contributed by atoms with Crippen LogP contribution in [0.3, 0.4) is 0 Å². The van der Waals surface area contributed by atoms with Crippen LogP contribution in [0.15, 0.2) is 52.5 Å². The lowest BCUT2D eigenvalue weighted by atomic mass is 10.1. The van der Waals surface area contributed by atoms with Crippen molar-refractivity contribution in [2.75, 3.05) is 4.90 Å². The number of carbonyl (C=O) groups is 3. The fourth-order valence-corrected chi connectivity index (χ4v) is 4.47. The largest absolute Gasteiger partial charge is 0.335 e. The predicted molar refractivity (Wildman–Crippen MR) is 133 cm³/mol.